The van der Waals surface area contributed by atoms with E-state index in [0.29, 0.717) is 11.7 Å². The second kappa shape index (κ2) is 11.2. The van der Waals surface area contributed by atoms with Crippen LogP contribution in [-0.4, -0.2) is 64.1 Å². The number of phenolic OH excluding ortho intramolecular Hbond substituents is 1. The summed E-state index contributed by atoms with van der Waals surface area (Å²) in [5.41, 5.74) is 2.89. The van der Waals surface area contributed by atoms with Gasteiger partial charge < -0.3 is 15.3 Å². The fourth-order valence-electron chi connectivity index (χ4n) is 8.93. The molecule has 5 heteroatoms. The average Bonchev–Trinajstić information content (AvgIpc) is 2.82. The number of rotatable bonds is 4. The third-order valence-corrected chi connectivity index (χ3v) is 10.4. The summed E-state index contributed by atoms with van der Waals surface area (Å²) in [7, 11) is 0. The van der Waals surface area contributed by atoms with E-state index >= 15 is 0 Å². The van der Waals surface area contributed by atoms with Crippen LogP contribution in [0.2, 0.25) is 0 Å². The molecule has 1 amide bonds. The van der Waals surface area contributed by atoms with Gasteiger partial charge in [-0.25, -0.2) is 0 Å². The topological polar surface area (TPSA) is 55.8 Å². The van der Waals surface area contributed by atoms with Gasteiger partial charge in [0.2, 0.25) is 5.91 Å². The quantitative estimate of drug-likeness (QED) is 0.401. The van der Waals surface area contributed by atoms with Gasteiger partial charge in [-0.05, 0) is 73.0 Å². The molecule has 0 aromatic heterocycles. The molecule has 3 aliphatic rings. The molecular formula is C36H61N3O2. The zero-order valence-corrected chi connectivity index (χ0v) is 28.3. The van der Waals surface area contributed by atoms with Crippen molar-refractivity contribution in [1.82, 2.24) is 15.1 Å². The minimum Gasteiger partial charge on any atom is -0.507 e. The summed E-state index contributed by atoms with van der Waals surface area (Å²) in [5.74, 6) is 1.02. The lowest BCUT2D eigenvalue weighted by Gasteiger charge is -2.60. The van der Waals surface area contributed by atoms with Crippen molar-refractivity contribution in [1.29, 1.82) is 0 Å². The molecule has 2 saturated heterocycles. The van der Waals surface area contributed by atoms with E-state index in [1.54, 1.807) is 6.92 Å². The highest BCUT2D eigenvalue weighted by Gasteiger charge is 2.53. The van der Waals surface area contributed by atoms with Crippen LogP contribution in [0.1, 0.15) is 138 Å². The summed E-state index contributed by atoms with van der Waals surface area (Å²) in [6.07, 6.45) is 8.48. The van der Waals surface area contributed by atoms with Gasteiger partial charge in [0.05, 0.1) is 0 Å². The Kier molecular flexibility index (Phi) is 8.80. The first-order valence-corrected chi connectivity index (χ1v) is 16.5. The molecule has 4 rings (SSSR count). The number of aromatic hydroxyl groups is 1. The normalized spacial score (nSPS) is 26.4. The highest BCUT2D eigenvalue weighted by Crippen LogP contribution is 2.49. The second-order valence-corrected chi connectivity index (χ2v) is 17.1. The predicted molar refractivity (Wildman–Crippen MR) is 172 cm³/mol. The van der Waals surface area contributed by atoms with Crippen LogP contribution in [0.3, 0.4) is 0 Å². The van der Waals surface area contributed by atoms with Crippen molar-refractivity contribution in [3.8, 4) is 5.75 Å². The molecule has 1 aromatic carbocycles. The lowest BCUT2D eigenvalue weighted by atomic mass is 9.62. The van der Waals surface area contributed by atoms with Gasteiger partial charge in [0.25, 0.3) is 0 Å². The predicted octanol–water partition coefficient (Wildman–Crippen LogP) is 7.28. The average molecular weight is 568 g/mol. The van der Waals surface area contributed by atoms with Crippen LogP contribution in [-0.2, 0) is 21.0 Å². The Morgan fingerprint density at radius 1 is 0.878 bits per heavy atom. The Bertz CT molecular complexity index is 1070. The van der Waals surface area contributed by atoms with Gasteiger partial charge in [0.1, 0.15) is 5.75 Å². The number of piperazine rings is 1. The molecule has 1 saturated carbocycles. The first kappa shape index (κ1) is 32.3. The molecule has 1 aliphatic carbocycles. The van der Waals surface area contributed by atoms with Crippen molar-refractivity contribution in [3.63, 3.8) is 0 Å². The molecule has 2 aliphatic heterocycles. The van der Waals surface area contributed by atoms with Crippen LogP contribution in [0.5, 0.6) is 5.75 Å². The fraction of sp³-hybridized carbons (Fsp3) is 0.806. The summed E-state index contributed by atoms with van der Waals surface area (Å²) in [5, 5.41) is 15.8. The summed E-state index contributed by atoms with van der Waals surface area (Å²) < 4.78 is 0. The Morgan fingerprint density at radius 2 is 1.44 bits per heavy atom. The summed E-state index contributed by atoms with van der Waals surface area (Å²) >= 11 is 0. The molecule has 232 valence electrons. The molecule has 1 spiro atoms. The number of carbonyl (C=O) groups excluding carboxylic acids is 1. The molecule has 2 heterocycles. The number of hydrogen-bond acceptors (Lipinski definition) is 4. The van der Waals surface area contributed by atoms with Crippen LogP contribution < -0.4 is 5.32 Å². The van der Waals surface area contributed by atoms with Crippen molar-refractivity contribution >= 4 is 5.91 Å². The van der Waals surface area contributed by atoms with E-state index in [1.807, 2.05) is 0 Å². The number of nitrogens with zero attached hydrogens (tertiary/aromatic N) is 2. The highest BCUT2D eigenvalue weighted by molar-refractivity contribution is 5.73. The molecule has 2 N–H and O–H groups in total. The van der Waals surface area contributed by atoms with E-state index in [2.05, 4.69) is 96.5 Å². The number of amides is 1. The van der Waals surface area contributed by atoms with E-state index in [-0.39, 0.29) is 39.3 Å². The number of carbonyl (C=O) groups is 1. The van der Waals surface area contributed by atoms with E-state index in [0.717, 1.165) is 50.1 Å². The van der Waals surface area contributed by atoms with Gasteiger partial charge in [-0.3, -0.25) is 9.69 Å². The van der Waals surface area contributed by atoms with Crippen molar-refractivity contribution in [3.05, 3.63) is 28.8 Å². The van der Waals surface area contributed by atoms with Gasteiger partial charge in [-0.15, -0.1) is 0 Å². The number of hydrogen-bond donors (Lipinski definition) is 2. The number of piperidine rings is 1. The highest BCUT2D eigenvalue weighted by atomic mass is 16.3. The first-order chi connectivity index (χ1) is 18.8. The number of likely N-dealkylation sites (tertiary alicyclic amines) is 1. The van der Waals surface area contributed by atoms with Gasteiger partial charge in [0, 0.05) is 55.6 Å². The maximum Gasteiger partial charge on any atom is 0.219 e. The molecule has 2 unspecified atom stereocenters. The fourth-order valence-corrected chi connectivity index (χ4v) is 8.93. The van der Waals surface area contributed by atoms with Crippen molar-refractivity contribution in [2.75, 3.05) is 26.2 Å². The molecule has 3 fully saturated rings. The molecule has 41 heavy (non-hydrogen) atoms. The van der Waals surface area contributed by atoms with E-state index in [1.165, 1.54) is 37.7 Å². The third-order valence-electron chi connectivity index (χ3n) is 10.4. The molecule has 0 radical (unpaired) electrons. The Balaban J connectivity index is 1.97. The SMILES string of the molecule is CC(=O)N1CCCC(c2cc(C(C)(C)C)c(O)c(C(C)(C)C)c2)(C(C(C)C)N2CC(C)(C)NC3(CCCCC3)C2)C1. The lowest BCUT2D eigenvalue weighted by Crippen LogP contribution is -2.73. The molecular weight excluding hydrogens is 506 g/mol. The van der Waals surface area contributed by atoms with Gasteiger partial charge >= 0.3 is 0 Å². The Labute approximate surface area is 251 Å². The van der Waals surface area contributed by atoms with Crippen molar-refractivity contribution < 1.29 is 9.90 Å². The maximum atomic E-state index is 13.0. The van der Waals surface area contributed by atoms with Gasteiger partial charge in [0.15, 0.2) is 0 Å². The number of phenols is 1. The summed E-state index contributed by atoms with van der Waals surface area (Å²) in [4.78, 5) is 18.0. The van der Waals surface area contributed by atoms with Gasteiger partial charge in [-0.2, -0.15) is 0 Å². The van der Waals surface area contributed by atoms with Crippen molar-refractivity contribution in [2.45, 2.75) is 154 Å². The smallest absolute Gasteiger partial charge is 0.219 e. The Morgan fingerprint density at radius 3 is 1.93 bits per heavy atom. The molecule has 1 aromatic rings. The van der Waals surface area contributed by atoms with E-state index in [4.69, 9.17) is 0 Å². The number of benzene rings is 1. The van der Waals surface area contributed by atoms with E-state index < -0.39 is 0 Å². The lowest BCUT2D eigenvalue weighted by molar-refractivity contribution is -0.133. The minimum absolute atomic E-state index is 0.0148. The van der Waals surface area contributed by atoms with Crippen LogP contribution in [0, 0.1) is 5.92 Å². The zero-order chi connectivity index (χ0) is 30.6. The second-order valence-electron chi connectivity index (χ2n) is 17.1. The minimum atomic E-state index is -0.227. The maximum absolute atomic E-state index is 13.0. The molecule has 2 atom stereocenters. The number of nitrogens with one attached hydrogen (secondary N) is 1. The zero-order valence-electron chi connectivity index (χ0n) is 28.3. The largest absolute Gasteiger partial charge is 0.507 e. The summed E-state index contributed by atoms with van der Waals surface area (Å²) in [6.45, 7) is 28.2. The Hall–Kier alpha value is -1.59. The van der Waals surface area contributed by atoms with Crippen LogP contribution in [0.4, 0.5) is 0 Å². The molecule has 0 bridgehead atoms. The summed E-state index contributed by atoms with van der Waals surface area (Å²) in [6, 6.07) is 4.93. The monoisotopic (exact) mass is 567 g/mol. The van der Waals surface area contributed by atoms with Gasteiger partial charge in [-0.1, -0.05) is 86.8 Å². The van der Waals surface area contributed by atoms with E-state index in [9.17, 15) is 9.90 Å². The van der Waals surface area contributed by atoms with Crippen LogP contribution >= 0.6 is 0 Å². The van der Waals surface area contributed by atoms with Crippen LogP contribution in [0.15, 0.2) is 12.1 Å². The standard InChI is InChI=1S/C36H61N3O2/c1-25(2)31(39-22-34(10,11)37-35(23-39)16-13-12-14-17-35)36(18-15-19-38(24-36)26(3)40)27-20-28(32(4,5)6)30(41)29(21-27)33(7,8)9/h20-21,25,31,37,41H,12-19,22-24H2,1-11H3. The van der Waals surface area contributed by atoms with Crippen LogP contribution in [0.25, 0.3) is 0 Å². The first-order valence-electron chi connectivity index (χ1n) is 16.5. The molecule has 5 nitrogen and oxygen atoms in total. The van der Waals surface area contributed by atoms with Crippen molar-refractivity contribution in [2.24, 2.45) is 5.92 Å². The third kappa shape index (κ3) is 6.51.